The Morgan fingerprint density at radius 3 is 2.80 bits per heavy atom. The summed E-state index contributed by atoms with van der Waals surface area (Å²) in [5.41, 5.74) is -0.138. The lowest BCUT2D eigenvalue weighted by Gasteiger charge is -1.94. The maximum atomic E-state index is 13.1. The first-order chi connectivity index (χ1) is 7.15. The first-order valence-corrected chi connectivity index (χ1v) is 4.67. The minimum absolute atomic E-state index is 0.405. The summed E-state index contributed by atoms with van der Waals surface area (Å²) >= 11 is 5.40. The van der Waals surface area contributed by atoms with Crippen molar-refractivity contribution in [3.63, 3.8) is 0 Å². The van der Waals surface area contributed by atoms with Gasteiger partial charge in [-0.15, -0.1) is 11.6 Å². The molecule has 0 atom stereocenters. The number of nitro benzene ring substituents is 1. The Morgan fingerprint density at radius 1 is 1.53 bits per heavy atom. The molecule has 0 unspecified atom stereocenters. The average Bonchev–Trinajstić information content (AvgIpc) is 2.17. The number of nitrogens with zero attached hydrogens (tertiary/aromatic N) is 1. The van der Waals surface area contributed by atoms with Crippen LogP contribution in [-0.2, 0) is 0 Å². The molecule has 1 rings (SSSR count). The van der Waals surface area contributed by atoms with E-state index in [1.807, 2.05) is 0 Å². The second-order valence-electron chi connectivity index (χ2n) is 2.66. The molecule has 0 aromatic heterocycles. The molecule has 0 amide bonds. The lowest BCUT2D eigenvalue weighted by Crippen LogP contribution is -1.92. The molecule has 0 aliphatic heterocycles. The minimum Gasteiger partial charge on any atom is -0.258 e. The second kappa shape index (κ2) is 5.32. The third-order valence-corrected chi connectivity index (χ3v) is 1.79. The third kappa shape index (κ3) is 3.22. The summed E-state index contributed by atoms with van der Waals surface area (Å²) in [6.45, 7) is 0. The number of hydrogen-bond donors (Lipinski definition) is 0. The first kappa shape index (κ1) is 11.5. The van der Waals surface area contributed by atoms with Gasteiger partial charge in [0, 0.05) is 23.9 Å². The van der Waals surface area contributed by atoms with Crippen molar-refractivity contribution in [3.05, 3.63) is 39.7 Å². The molecule has 0 N–H and O–H groups in total. The van der Waals surface area contributed by atoms with Gasteiger partial charge in [0.25, 0.3) is 0 Å². The number of nitro groups is 1. The van der Waals surface area contributed by atoms with E-state index in [-0.39, 0.29) is 0 Å². The SMILES string of the molecule is O=[N+]([O-])c1ccc(C#CCCCl)cc1F. The Bertz CT molecular complexity index is 437. The highest BCUT2D eigenvalue weighted by molar-refractivity contribution is 6.18. The number of rotatable bonds is 2. The van der Waals surface area contributed by atoms with Gasteiger partial charge in [0.15, 0.2) is 0 Å². The van der Waals surface area contributed by atoms with Gasteiger partial charge in [0.1, 0.15) is 0 Å². The van der Waals surface area contributed by atoms with E-state index >= 15 is 0 Å². The third-order valence-electron chi connectivity index (χ3n) is 1.60. The number of alkyl halides is 1. The smallest absolute Gasteiger partial charge is 0.258 e. The minimum atomic E-state index is -0.877. The van der Waals surface area contributed by atoms with Crippen LogP contribution in [0.2, 0.25) is 0 Å². The van der Waals surface area contributed by atoms with Gasteiger partial charge in [-0.25, -0.2) is 0 Å². The Labute approximate surface area is 91.0 Å². The molecule has 78 valence electrons. The summed E-state index contributed by atoms with van der Waals surface area (Å²) in [6, 6.07) is 3.54. The molecule has 0 saturated heterocycles. The largest absolute Gasteiger partial charge is 0.304 e. The molecule has 0 aliphatic carbocycles. The van der Waals surface area contributed by atoms with Crippen molar-refractivity contribution in [3.8, 4) is 11.8 Å². The van der Waals surface area contributed by atoms with Crippen molar-refractivity contribution in [2.75, 3.05) is 5.88 Å². The van der Waals surface area contributed by atoms with Crippen molar-refractivity contribution in [1.29, 1.82) is 0 Å². The molecule has 0 fully saturated rings. The molecule has 1 aromatic rings. The molecule has 3 nitrogen and oxygen atoms in total. The quantitative estimate of drug-likeness (QED) is 0.337. The van der Waals surface area contributed by atoms with Crippen molar-refractivity contribution in [2.45, 2.75) is 6.42 Å². The molecule has 0 radical (unpaired) electrons. The van der Waals surface area contributed by atoms with Gasteiger partial charge in [0.05, 0.1) is 4.92 Å². The first-order valence-electron chi connectivity index (χ1n) is 4.14. The Balaban J connectivity index is 2.93. The van der Waals surface area contributed by atoms with E-state index in [4.69, 9.17) is 11.6 Å². The zero-order valence-electron chi connectivity index (χ0n) is 7.67. The van der Waals surface area contributed by atoms with Crippen molar-refractivity contribution < 1.29 is 9.31 Å². The van der Waals surface area contributed by atoms with E-state index in [0.717, 1.165) is 12.1 Å². The zero-order chi connectivity index (χ0) is 11.3. The van der Waals surface area contributed by atoms with Crippen LogP contribution >= 0.6 is 11.6 Å². The van der Waals surface area contributed by atoms with Gasteiger partial charge in [-0.1, -0.05) is 11.8 Å². The average molecular weight is 228 g/mol. The van der Waals surface area contributed by atoms with Gasteiger partial charge < -0.3 is 0 Å². The second-order valence-corrected chi connectivity index (χ2v) is 3.04. The summed E-state index contributed by atoms with van der Waals surface area (Å²) in [6.07, 6.45) is 0.500. The van der Waals surface area contributed by atoms with Gasteiger partial charge in [-0.3, -0.25) is 10.1 Å². The fourth-order valence-corrected chi connectivity index (χ4v) is 1.04. The van der Waals surface area contributed by atoms with E-state index in [9.17, 15) is 14.5 Å². The molecule has 0 heterocycles. The zero-order valence-corrected chi connectivity index (χ0v) is 8.42. The standard InChI is InChI=1S/C10H7ClFNO2/c11-6-2-1-3-8-4-5-10(13(14)15)9(12)7-8/h4-5,7H,2,6H2. The lowest BCUT2D eigenvalue weighted by atomic mass is 10.2. The van der Waals surface area contributed by atoms with Crippen LogP contribution in [0.3, 0.4) is 0 Å². The van der Waals surface area contributed by atoms with Crippen LogP contribution < -0.4 is 0 Å². The number of halogens is 2. The summed E-state index contributed by atoms with van der Waals surface area (Å²) in [5.74, 6) is 4.89. The highest BCUT2D eigenvalue weighted by atomic mass is 35.5. The molecular weight excluding hydrogens is 221 g/mol. The van der Waals surface area contributed by atoms with Gasteiger partial charge >= 0.3 is 5.69 Å². The molecular formula is C10H7ClFNO2. The predicted molar refractivity (Wildman–Crippen MR) is 55.3 cm³/mol. The van der Waals surface area contributed by atoms with Crippen LogP contribution in [0.5, 0.6) is 0 Å². The van der Waals surface area contributed by atoms with E-state index in [1.165, 1.54) is 6.07 Å². The van der Waals surface area contributed by atoms with Gasteiger partial charge in [-0.05, 0) is 12.1 Å². The fraction of sp³-hybridized carbons (Fsp3) is 0.200. The maximum absolute atomic E-state index is 13.1. The molecule has 15 heavy (non-hydrogen) atoms. The summed E-state index contributed by atoms with van der Waals surface area (Å²) < 4.78 is 13.1. The predicted octanol–water partition coefficient (Wildman–Crippen LogP) is 2.71. The van der Waals surface area contributed by atoms with Gasteiger partial charge in [-0.2, -0.15) is 4.39 Å². The molecule has 0 aliphatic rings. The Hall–Kier alpha value is -1.60. The summed E-state index contributed by atoms with van der Waals surface area (Å²) in [5, 5.41) is 10.3. The number of hydrogen-bond acceptors (Lipinski definition) is 2. The summed E-state index contributed by atoms with van der Waals surface area (Å²) in [7, 11) is 0. The van der Waals surface area contributed by atoms with E-state index in [0.29, 0.717) is 17.9 Å². The van der Waals surface area contributed by atoms with E-state index in [1.54, 1.807) is 0 Å². The molecule has 0 spiro atoms. The normalized spacial score (nSPS) is 9.20. The Kier molecular flexibility index (Phi) is 4.07. The van der Waals surface area contributed by atoms with Crippen LogP contribution in [-0.4, -0.2) is 10.8 Å². The molecule has 1 aromatic carbocycles. The van der Waals surface area contributed by atoms with Crippen LogP contribution in [0.15, 0.2) is 18.2 Å². The van der Waals surface area contributed by atoms with Crippen molar-refractivity contribution in [1.82, 2.24) is 0 Å². The molecule has 0 saturated carbocycles. The lowest BCUT2D eigenvalue weighted by molar-refractivity contribution is -0.387. The molecule has 0 bridgehead atoms. The van der Waals surface area contributed by atoms with Crippen LogP contribution in [0.25, 0.3) is 0 Å². The highest BCUT2D eigenvalue weighted by Gasteiger charge is 2.12. The fourth-order valence-electron chi connectivity index (χ4n) is 0.945. The maximum Gasteiger partial charge on any atom is 0.304 e. The summed E-state index contributed by atoms with van der Waals surface area (Å²) in [4.78, 5) is 9.53. The van der Waals surface area contributed by atoms with Crippen LogP contribution in [0.4, 0.5) is 10.1 Å². The van der Waals surface area contributed by atoms with Crippen molar-refractivity contribution >= 4 is 17.3 Å². The van der Waals surface area contributed by atoms with Gasteiger partial charge in [0.2, 0.25) is 5.82 Å². The highest BCUT2D eigenvalue weighted by Crippen LogP contribution is 2.17. The molecule has 5 heteroatoms. The topological polar surface area (TPSA) is 43.1 Å². The Morgan fingerprint density at radius 2 is 2.27 bits per heavy atom. The van der Waals surface area contributed by atoms with E-state index in [2.05, 4.69) is 11.8 Å². The van der Waals surface area contributed by atoms with Crippen LogP contribution in [0.1, 0.15) is 12.0 Å². The monoisotopic (exact) mass is 227 g/mol. The van der Waals surface area contributed by atoms with Crippen molar-refractivity contribution in [2.24, 2.45) is 0 Å². The number of benzene rings is 1. The van der Waals surface area contributed by atoms with E-state index < -0.39 is 16.4 Å². The van der Waals surface area contributed by atoms with Crippen LogP contribution in [0, 0.1) is 27.8 Å².